The van der Waals surface area contributed by atoms with Crippen molar-refractivity contribution in [2.24, 2.45) is 0 Å². The lowest BCUT2D eigenvalue weighted by Crippen LogP contribution is -2.32. The fraction of sp³-hybridized carbons (Fsp3) is 0.378. The quantitative estimate of drug-likeness (QED) is 0.0420. The first-order valence-corrected chi connectivity index (χ1v) is 27.3. The van der Waals surface area contributed by atoms with Crippen LogP contribution < -0.4 is 4.90 Å². The van der Waals surface area contributed by atoms with Crippen LogP contribution in [-0.4, -0.2) is 112 Å². The fourth-order valence-electron chi connectivity index (χ4n) is 9.75. The molecule has 3 heterocycles. The summed E-state index contributed by atoms with van der Waals surface area (Å²) < 4.78 is 149. The highest BCUT2D eigenvalue weighted by Gasteiger charge is 2.47. The molecule has 24 heteroatoms. The number of amides is 2. The number of benzene rings is 4. The van der Waals surface area contributed by atoms with Gasteiger partial charge < -0.3 is 14.5 Å². The van der Waals surface area contributed by atoms with Crippen LogP contribution >= 0.6 is 0 Å². The lowest BCUT2D eigenvalue weighted by atomic mass is 9.76. The van der Waals surface area contributed by atoms with Gasteiger partial charge in [0.1, 0.15) is 16.3 Å². The van der Waals surface area contributed by atoms with Crippen LogP contribution in [0.1, 0.15) is 83.8 Å². The van der Waals surface area contributed by atoms with Crippen molar-refractivity contribution < 1.29 is 80.4 Å². The number of carbonyl (C=O) groups is 3. The maximum atomic E-state index is 12.8. The van der Waals surface area contributed by atoms with Gasteiger partial charge in [-0.2, -0.15) is 38.2 Å². The number of methoxy groups -OCH3 is 1. The minimum atomic E-state index is -5.06. The van der Waals surface area contributed by atoms with Crippen LogP contribution in [0.15, 0.2) is 92.0 Å². The third kappa shape index (κ3) is 9.60. The van der Waals surface area contributed by atoms with Crippen LogP contribution in [0.5, 0.6) is 0 Å². The van der Waals surface area contributed by atoms with Gasteiger partial charge in [0.25, 0.3) is 52.3 Å². The van der Waals surface area contributed by atoms with E-state index < -0.39 is 88.7 Å². The second-order valence-corrected chi connectivity index (χ2v) is 23.2. The zero-order valence-corrected chi connectivity index (χ0v) is 41.3. The molecule has 7 rings (SSSR count). The number of anilines is 1. The molecule has 0 bridgehead atoms. The number of carbonyl (C=O) groups excluding carboxylic acids is 3. The summed E-state index contributed by atoms with van der Waals surface area (Å²) in [6, 6.07) is 9.80. The van der Waals surface area contributed by atoms with Gasteiger partial charge in [-0.3, -0.25) is 27.8 Å². The Hall–Kier alpha value is -5.44. The Morgan fingerprint density at radius 2 is 1.29 bits per heavy atom. The average molecular weight is 1030 g/mol. The third-order valence-electron chi connectivity index (χ3n) is 12.9. The molecular formula is C45H50N3O17S4+. The molecule has 2 amide bonds. The number of allylic oxidation sites excluding steroid dienone is 4. The lowest BCUT2D eigenvalue weighted by Gasteiger charge is -2.30. The largest absolute Gasteiger partial charge is 0.385 e. The number of hydrogen-bond acceptors (Lipinski definition) is 14. The van der Waals surface area contributed by atoms with E-state index in [1.807, 2.05) is 49.3 Å². The maximum Gasteiger partial charge on any atom is 0.333 e. The van der Waals surface area contributed by atoms with E-state index in [0.29, 0.717) is 76.9 Å². The highest BCUT2D eigenvalue weighted by molar-refractivity contribution is 7.87. The Kier molecular flexibility index (Phi) is 13.7. The Bertz CT molecular complexity index is 3420. The molecule has 69 heavy (non-hydrogen) atoms. The Labute approximate surface area is 398 Å². The van der Waals surface area contributed by atoms with E-state index in [4.69, 9.17) is 9.57 Å². The smallest absolute Gasteiger partial charge is 0.333 e. The minimum Gasteiger partial charge on any atom is -0.385 e. The first-order chi connectivity index (χ1) is 32.0. The molecular weight excluding hydrogens is 983 g/mol. The fourth-order valence-corrected chi connectivity index (χ4v) is 12.4. The number of rotatable bonds is 17. The Morgan fingerprint density at radius 1 is 0.739 bits per heavy atom. The SMILES string of the molecule is CC[N+]1=C(/C=C/C=C2/N(CCCCCC(=O)ON3C(=O)CCC3=O)c3ccc4c(S(=O)(=O)O)cc(S(=O)(=O)O)cc4c3C2(C)CCOC)C(C)(C)c2c1ccc1c(S(=O)(=O)O)cc(S(=O)(=O)O)cc21. The molecule has 370 valence electrons. The maximum absolute atomic E-state index is 12.8. The van der Waals surface area contributed by atoms with Crippen molar-refractivity contribution in [2.75, 3.05) is 31.7 Å². The summed E-state index contributed by atoms with van der Waals surface area (Å²) >= 11 is 0. The minimum absolute atomic E-state index is 0.0172. The molecule has 3 aliphatic rings. The van der Waals surface area contributed by atoms with E-state index in [1.165, 1.54) is 19.2 Å². The Balaban J connectivity index is 1.35. The first kappa shape index (κ1) is 51.4. The van der Waals surface area contributed by atoms with Gasteiger partial charge in [-0.05, 0) is 106 Å². The van der Waals surface area contributed by atoms with Crippen LogP contribution in [-0.2, 0) is 75.3 Å². The van der Waals surface area contributed by atoms with Gasteiger partial charge in [-0.25, -0.2) is 4.79 Å². The Morgan fingerprint density at radius 3 is 1.81 bits per heavy atom. The molecule has 1 atom stereocenters. The summed E-state index contributed by atoms with van der Waals surface area (Å²) in [6.45, 7) is 8.18. The van der Waals surface area contributed by atoms with Crippen molar-refractivity contribution in [3.05, 3.63) is 83.6 Å². The number of imide groups is 1. The van der Waals surface area contributed by atoms with Crippen LogP contribution in [0.4, 0.5) is 11.4 Å². The third-order valence-corrected chi connectivity index (χ3v) is 16.3. The molecule has 1 unspecified atom stereocenters. The van der Waals surface area contributed by atoms with E-state index in [-0.39, 0.29) is 60.4 Å². The summed E-state index contributed by atoms with van der Waals surface area (Å²) in [6.07, 6.45) is 6.56. The predicted molar refractivity (Wildman–Crippen MR) is 250 cm³/mol. The summed E-state index contributed by atoms with van der Waals surface area (Å²) in [7, 11) is -18.5. The molecule has 20 nitrogen and oxygen atoms in total. The topological polar surface area (TPSA) is 297 Å². The first-order valence-electron chi connectivity index (χ1n) is 21.5. The van der Waals surface area contributed by atoms with E-state index in [2.05, 4.69) is 0 Å². The summed E-state index contributed by atoms with van der Waals surface area (Å²) in [4.78, 5) is 40.5. The van der Waals surface area contributed by atoms with Gasteiger partial charge in [0.2, 0.25) is 5.69 Å². The van der Waals surface area contributed by atoms with Gasteiger partial charge >= 0.3 is 5.97 Å². The van der Waals surface area contributed by atoms with E-state index in [9.17, 15) is 66.3 Å². The van der Waals surface area contributed by atoms with Gasteiger partial charge in [0.05, 0.1) is 15.2 Å². The standard InChI is InChI=1S/C45H49N3O17S4/c1-6-46-33-16-14-29-31(23-27(66(52,53)54)25-35(29)68(58,59)60)42(33)44(2,3)37(46)11-10-12-38-45(4,20-22-64-5)43-32-24-28(67(55,56)57)26-36(69(61,62)63)30(32)15-17-34(43)47(38)21-9-7-8-13-41(51)65-48-39(49)18-19-40(48)50/h10-12,14-17,23-26H,6-9,13,18-22H2,1-5H3,(H3-,52,53,54,55,56,57,58,59,60,61,62,63)/p+1. The van der Waals surface area contributed by atoms with E-state index >= 15 is 0 Å². The summed E-state index contributed by atoms with van der Waals surface area (Å²) in [5, 5.41) is 0.712. The highest BCUT2D eigenvalue weighted by Crippen LogP contribution is 2.54. The normalized spacial score (nSPS) is 19.2. The lowest BCUT2D eigenvalue weighted by molar-refractivity contribution is -0.433. The van der Waals surface area contributed by atoms with E-state index in [1.54, 1.807) is 18.2 Å². The van der Waals surface area contributed by atoms with Crippen molar-refractivity contribution in [2.45, 2.75) is 103 Å². The number of ether oxygens (including phenoxy) is 1. The highest BCUT2D eigenvalue weighted by atomic mass is 32.2. The van der Waals surface area contributed by atoms with Crippen LogP contribution in [0, 0.1) is 0 Å². The molecule has 3 aliphatic heterocycles. The molecule has 0 spiro atoms. The number of unbranched alkanes of at least 4 members (excludes halogenated alkanes) is 2. The van der Waals surface area contributed by atoms with Gasteiger partial charge in [-0.15, -0.1) is 5.06 Å². The van der Waals surface area contributed by atoms with Crippen molar-refractivity contribution >= 4 is 96.9 Å². The molecule has 4 aromatic carbocycles. The second-order valence-electron chi connectivity index (χ2n) is 17.6. The van der Waals surface area contributed by atoms with Gasteiger partial charge in [-0.1, -0.05) is 18.6 Å². The molecule has 4 aromatic rings. The predicted octanol–water partition coefficient (Wildman–Crippen LogP) is 5.80. The number of hydroxylamine groups is 2. The van der Waals surface area contributed by atoms with Gasteiger partial charge in [0.15, 0.2) is 5.71 Å². The monoisotopic (exact) mass is 1030 g/mol. The molecule has 1 saturated heterocycles. The zero-order chi connectivity index (χ0) is 50.8. The second kappa shape index (κ2) is 18.4. The molecule has 0 radical (unpaired) electrons. The van der Waals surface area contributed by atoms with Crippen LogP contribution in [0.3, 0.4) is 0 Å². The van der Waals surface area contributed by atoms with Crippen molar-refractivity contribution in [1.29, 1.82) is 0 Å². The summed E-state index contributed by atoms with van der Waals surface area (Å²) in [5.41, 5.74) is 1.25. The molecule has 1 fully saturated rings. The average Bonchev–Trinajstić information content (AvgIpc) is 3.78. The van der Waals surface area contributed by atoms with E-state index in [0.717, 1.165) is 12.1 Å². The number of fused-ring (bicyclic) bond motifs is 6. The van der Waals surface area contributed by atoms with Crippen molar-refractivity contribution in [3.63, 3.8) is 0 Å². The van der Waals surface area contributed by atoms with Crippen molar-refractivity contribution in [3.8, 4) is 0 Å². The molecule has 0 aromatic heterocycles. The van der Waals surface area contributed by atoms with Crippen molar-refractivity contribution in [1.82, 2.24) is 5.06 Å². The molecule has 4 N–H and O–H groups in total. The van der Waals surface area contributed by atoms with Gasteiger partial charge in [0, 0.05) is 84.8 Å². The van der Waals surface area contributed by atoms with Crippen LogP contribution in [0.25, 0.3) is 21.5 Å². The van der Waals surface area contributed by atoms with Crippen LogP contribution in [0.2, 0.25) is 0 Å². The summed E-state index contributed by atoms with van der Waals surface area (Å²) in [5.74, 6) is -1.98. The molecule has 0 aliphatic carbocycles. The molecule has 0 saturated carbocycles. The number of hydrogen-bond donors (Lipinski definition) is 4. The zero-order valence-electron chi connectivity index (χ0n) is 38.0. The number of nitrogens with zero attached hydrogens (tertiary/aromatic N) is 3.